The molecule has 6 nitrogen and oxygen atoms in total. The molecule has 3 aromatic rings. The molecule has 0 bridgehead atoms. The molecule has 0 aliphatic carbocycles. The molecule has 3 rings (SSSR count). The van der Waals surface area contributed by atoms with E-state index in [9.17, 15) is 4.79 Å². The Bertz CT molecular complexity index is 835. The summed E-state index contributed by atoms with van der Waals surface area (Å²) in [6.07, 6.45) is 1.73. The average Bonchev–Trinajstić information content (AvgIpc) is 3.05. The zero-order chi connectivity index (χ0) is 17.6. The van der Waals surface area contributed by atoms with Crippen LogP contribution in [0.2, 0.25) is 0 Å². The van der Waals surface area contributed by atoms with E-state index in [0.29, 0.717) is 17.5 Å². The van der Waals surface area contributed by atoms with Gasteiger partial charge in [-0.05, 0) is 38.1 Å². The average molecular weight is 353 g/mol. The molecule has 1 amide bonds. The van der Waals surface area contributed by atoms with E-state index in [1.54, 1.807) is 6.20 Å². The van der Waals surface area contributed by atoms with Crippen LogP contribution in [0.3, 0.4) is 0 Å². The van der Waals surface area contributed by atoms with Crippen molar-refractivity contribution in [2.45, 2.75) is 30.8 Å². The van der Waals surface area contributed by atoms with Crippen LogP contribution in [-0.4, -0.2) is 30.9 Å². The summed E-state index contributed by atoms with van der Waals surface area (Å²) in [6.45, 7) is 4.58. The predicted molar refractivity (Wildman–Crippen MR) is 99.3 cm³/mol. The summed E-state index contributed by atoms with van der Waals surface area (Å²) in [6, 6.07) is 15.1. The minimum atomic E-state index is -0.300. The minimum Gasteiger partial charge on any atom is -0.325 e. The van der Waals surface area contributed by atoms with Crippen molar-refractivity contribution in [2.24, 2.45) is 0 Å². The molecule has 128 valence electrons. The molecule has 25 heavy (non-hydrogen) atoms. The monoisotopic (exact) mass is 353 g/mol. The Balaban J connectivity index is 1.74. The minimum absolute atomic E-state index is 0.0683. The smallest absolute Gasteiger partial charge is 0.237 e. The lowest BCUT2D eigenvalue weighted by molar-refractivity contribution is -0.115. The molecule has 0 aliphatic rings. The zero-order valence-corrected chi connectivity index (χ0v) is 14.9. The van der Waals surface area contributed by atoms with E-state index in [1.165, 1.54) is 11.8 Å². The number of benzene rings is 1. The molecule has 1 unspecified atom stereocenters. The molecule has 0 saturated heterocycles. The van der Waals surface area contributed by atoms with Crippen LogP contribution < -0.4 is 5.32 Å². The van der Waals surface area contributed by atoms with Gasteiger partial charge in [0.15, 0.2) is 11.0 Å². The number of rotatable bonds is 6. The first-order chi connectivity index (χ1) is 12.2. The fourth-order valence-corrected chi connectivity index (χ4v) is 3.24. The third kappa shape index (κ3) is 4.06. The van der Waals surface area contributed by atoms with Crippen molar-refractivity contribution in [1.29, 1.82) is 0 Å². The molecule has 0 spiro atoms. The van der Waals surface area contributed by atoms with E-state index in [1.807, 2.05) is 66.9 Å². The second-order valence-corrected chi connectivity index (χ2v) is 6.69. The number of amides is 1. The van der Waals surface area contributed by atoms with Crippen molar-refractivity contribution in [3.63, 3.8) is 0 Å². The van der Waals surface area contributed by atoms with Gasteiger partial charge >= 0.3 is 0 Å². The normalized spacial score (nSPS) is 11.9. The highest BCUT2D eigenvalue weighted by atomic mass is 32.2. The van der Waals surface area contributed by atoms with Crippen LogP contribution in [0.4, 0.5) is 5.69 Å². The molecule has 1 aromatic carbocycles. The number of pyridine rings is 1. The molecule has 0 saturated carbocycles. The molecule has 2 heterocycles. The number of para-hydroxylation sites is 1. The molecular weight excluding hydrogens is 334 g/mol. The van der Waals surface area contributed by atoms with Gasteiger partial charge in [-0.3, -0.25) is 9.78 Å². The Morgan fingerprint density at radius 3 is 2.60 bits per heavy atom. The maximum absolute atomic E-state index is 12.4. The van der Waals surface area contributed by atoms with Crippen LogP contribution in [0.5, 0.6) is 0 Å². The summed E-state index contributed by atoms with van der Waals surface area (Å²) in [5.74, 6) is 0.641. The van der Waals surface area contributed by atoms with Crippen LogP contribution >= 0.6 is 11.8 Å². The number of hydrogen-bond acceptors (Lipinski definition) is 5. The van der Waals surface area contributed by atoms with Gasteiger partial charge in [0.25, 0.3) is 0 Å². The van der Waals surface area contributed by atoms with E-state index >= 15 is 0 Å². The molecular formula is C18H19N5OS. The van der Waals surface area contributed by atoms with E-state index in [2.05, 4.69) is 20.5 Å². The quantitative estimate of drug-likeness (QED) is 0.687. The van der Waals surface area contributed by atoms with Crippen molar-refractivity contribution in [2.75, 3.05) is 5.32 Å². The summed E-state index contributed by atoms with van der Waals surface area (Å²) in [5.41, 5.74) is 1.55. The van der Waals surface area contributed by atoms with Crippen molar-refractivity contribution in [3.8, 4) is 11.5 Å². The van der Waals surface area contributed by atoms with Gasteiger partial charge < -0.3 is 9.88 Å². The number of aromatic nitrogens is 4. The number of hydrogen-bond donors (Lipinski definition) is 1. The largest absolute Gasteiger partial charge is 0.325 e. The van der Waals surface area contributed by atoms with Crippen LogP contribution in [-0.2, 0) is 11.3 Å². The highest BCUT2D eigenvalue weighted by Crippen LogP contribution is 2.26. The van der Waals surface area contributed by atoms with E-state index < -0.39 is 0 Å². The lowest BCUT2D eigenvalue weighted by atomic mass is 10.3. The van der Waals surface area contributed by atoms with Crippen molar-refractivity contribution in [1.82, 2.24) is 19.7 Å². The number of anilines is 1. The maximum Gasteiger partial charge on any atom is 0.237 e. The Morgan fingerprint density at radius 2 is 1.92 bits per heavy atom. The summed E-state index contributed by atoms with van der Waals surface area (Å²) in [4.78, 5) is 16.7. The Morgan fingerprint density at radius 1 is 1.16 bits per heavy atom. The van der Waals surface area contributed by atoms with Crippen molar-refractivity contribution in [3.05, 3.63) is 54.7 Å². The Labute approximate surface area is 150 Å². The standard InChI is InChI=1S/C18H19N5OS/c1-3-23-16(15-11-7-8-12-19-15)21-22-18(23)25-13(2)17(24)20-14-9-5-4-6-10-14/h4-13H,3H2,1-2H3,(H,20,24). The van der Waals surface area contributed by atoms with E-state index in [-0.39, 0.29) is 11.2 Å². The molecule has 7 heteroatoms. The summed E-state index contributed by atoms with van der Waals surface area (Å²) < 4.78 is 1.97. The summed E-state index contributed by atoms with van der Waals surface area (Å²) >= 11 is 1.39. The first-order valence-corrected chi connectivity index (χ1v) is 8.94. The third-order valence-electron chi connectivity index (χ3n) is 3.62. The number of carbonyl (C=O) groups excluding carboxylic acids is 1. The lowest BCUT2D eigenvalue weighted by Crippen LogP contribution is -2.22. The molecule has 1 atom stereocenters. The topological polar surface area (TPSA) is 72.7 Å². The van der Waals surface area contributed by atoms with E-state index in [0.717, 1.165) is 11.4 Å². The van der Waals surface area contributed by atoms with Crippen molar-refractivity contribution < 1.29 is 4.79 Å². The van der Waals surface area contributed by atoms with Gasteiger partial charge in [0, 0.05) is 18.4 Å². The van der Waals surface area contributed by atoms with Gasteiger partial charge in [0.1, 0.15) is 5.69 Å². The SMILES string of the molecule is CCn1c(SC(C)C(=O)Nc2ccccc2)nnc1-c1ccccn1. The molecule has 0 radical (unpaired) electrons. The fourth-order valence-electron chi connectivity index (χ4n) is 2.32. The van der Waals surface area contributed by atoms with Gasteiger partial charge in [-0.15, -0.1) is 10.2 Å². The van der Waals surface area contributed by atoms with Crippen molar-refractivity contribution >= 4 is 23.4 Å². The molecule has 2 aromatic heterocycles. The zero-order valence-electron chi connectivity index (χ0n) is 14.1. The molecule has 1 N–H and O–H groups in total. The Hall–Kier alpha value is -2.67. The Kier molecular flexibility index (Phi) is 5.45. The van der Waals surface area contributed by atoms with Crippen LogP contribution in [0, 0.1) is 0 Å². The number of carbonyl (C=O) groups is 1. The second kappa shape index (κ2) is 7.94. The van der Waals surface area contributed by atoms with Crippen LogP contribution in [0.25, 0.3) is 11.5 Å². The molecule has 0 aliphatic heterocycles. The number of thioether (sulfide) groups is 1. The van der Waals surface area contributed by atoms with Crippen LogP contribution in [0.1, 0.15) is 13.8 Å². The summed E-state index contributed by atoms with van der Waals surface area (Å²) in [7, 11) is 0. The first kappa shape index (κ1) is 17.2. The van der Waals surface area contributed by atoms with Gasteiger partial charge in [0.2, 0.25) is 5.91 Å². The van der Waals surface area contributed by atoms with Gasteiger partial charge in [-0.25, -0.2) is 0 Å². The van der Waals surface area contributed by atoms with Gasteiger partial charge in [-0.1, -0.05) is 36.0 Å². The lowest BCUT2D eigenvalue weighted by Gasteiger charge is -2.12. The first-order valence-electron chi connectivity index (χ1n) is 8.06. The highest BCUT2D eigenvalue weighted by Gasteiger charge is 2.20. The second-order valence-electron chi connectivity index (χ2n) is 5.38. The van der Waals surface area contributed by atoms with E-state index in [4.69, 9.17) is 0 Å². The third-order valence-corrected chi connectivity index (χ3v) is 4.70. The maximum atomic E-state index is 12.4. The molecule has 0 fully saturated rings. The fraction of sp³-hybridized carbons (Fsp3) is 0.222. The predicted octanol–water partition coefficient (Wildman–Crippen LogP) is 3.48. The van der Waals surface area contributed by atoms with Crippen LogP contribution in [0.15, 0.2) is 59.9 Å². The summed E-state index contributed by atoms with van der Waals surface area (Å²) in [5, 5.41) is 11.8. The number of nitrogens with one attached hydrogen (secondary N) is 1. The highest BCUT2D eigenvalue weighted by molar-refractivity contribution is 8.00. The number of nitrogens with zero attached hydrogens (tertiary/aromatic N) is 4. The van der Waals surface area contributed by atoms with Gasteiger partial charge in [0.05, 0.1) is 5.25 Å². The van der Waals surface area contributed by atoms with Gasteiger partial charge in [-0.2, -0.15) is 0 Å².